The molecule has 22 heavy (non-hydrogen) atoms. The van der Waals surface area contributed by atoms with Gasteiger partial charge in [0, 0.05) is 41.2 Å². The Balaban J connectivity index is 1.95. The first kappa shape index (κ1) is 15.4. The van der Waals surface area contributed by atoms with Crippen LogP contribution in [0.4, 0.5) is 5.95 Å². The third kappa shape index (κ3) is 2.27. The van der Waals surface area contributed by atoms with Crippen molar-refractivity contribution in [1.29, 1.82) is 0 Å². The second kappa shape index (κ2) is 5.76. The third-order valence-electron chi connectivity index (χ3n) is 4.55. The summed E-state index contributed by atoms with van der Waals surface area (Å²) in [6.07, 6.45) is 2.27. The maximum atomic E-state index is 5.01. The Morgan fingerprint density at radius 1 is 1.14 bits per heavy atom. The molecule has 7 heteroatoms. The van der Waals surface area contributed by atoms with E-state index in [1.54, 1.807) is 0 Å². The zero-order chi connectivity index (χ0) is 15.4. The highest BCUT2D eigenvalue weighted by atomic mass is 79.9. The van der Waals surface area contributed by atoms with Crippen molar-refractivity contribution in [2.24, 2.45) is 0 Å². The molecule has 2 aliphatic rings. The Morgan fingerprint density at radius 3 is 2.73 bits per heavy atom. The molecule has 0 unspecified atom stereocenters. The van der Waals surface area contributed by atoms with Crippen LogP contribution in [0.1, 0.15) is 18.9 Å². The van der Waals surface area contributed by atoms with E-state index in [0.717, 1.165) is 57.5 Å². The number of nitrogens with one attached hydrogen (secondary N) is 1. The summed E-state index contributed by atoms with van der Waals surface area (Å²) in [4.78, 5) is 7.43. The second-order valence-corrected chi connectivity index (χ2v) is 8.46. The lowest BCUT2D eigenvalue weighted by molar-refractivity contribution is 0.472. The molecule has 0 spiro atoms. The normalized spacial score (nSPS) is 21.6. The molecule has 1 fully saturated rings. The Hall–Kier alpha value is -0.110. The van der Waals surface area contributed by atoms with Crippen LogP contribution in [0.15, 0.2) is 13.4 Å². The minimum atomic E-state index is 0.506. The smallest absolute Gasteiger partial charge is 0.206 e. The predicted octanol–water partition coefficient (Wildman–Crippen LogP) is 4.07. The van der Waals surface area contributed by atoms with E-state index < -0.39 is 0 Å². The number of nitrogens with zero attached hydrogens (tertiary/aromatic N) is 3. The number of imidazole rings is 1. The number of hydrogen-bond acceptors (Lipinski definition) is 3. The fraction of sp³-hybridized carbons (Fsp3) is 0.533. The minimum Gasteiger partial charge on any atom is -0.339 e. The molecule has 1 aromatic carbocycles. The van der Waals surface area contributed by atoms with Crippen molar-refractivity contribution in [3.8, 4) is 0 Å². The highest BCUT2D eigenvalue weighted by Crippen LogP contribution is 2.44. The molecule has 0 saturated carbocycles. The van der Waals surface area contributed by atoms with Gasteiger partial charge in [0.1, 0.15) is 5.52 Å². The number of rotatable bonds is 1. The summed E-state index contributed by atoms with van der Waals surface area (Å²) in [6, 6.07) is 0.506. The molecule has 0 radical (unpaired) electrons. The molecular weight excluding hydrogens is 476 g/mol. The molecule has 4 nitrogen and oxygen atoms in total. The lowest BCUT2D eigenvalue weighted by atomic mass is 10.0. The van der Waals surface area contributed by atoms with Crippen LogP contribution in [0.3, 0.4) is 0 Å². The van der Waals surface area contributed by atoms with Crippen LogP contribution in [0.2, 0.25) is 0 Å². The van der Waals surface area contributed by atoms with Crippen LogP contribution in [0, 0.1) is 0 Å². The molecule has 2 aromatic rings. The SMILES string of the molecule is C[C@H]1CN(c2nc3c(Br)c(Br)c(Br)c4c3n2CCC4)CCN1. The first-order valence-electron chi connectivity index (χ1n) is 7.62. The standard InChI is InChI=1S/C15H17Br3N4/c1-8-7-21(6-4-19-8)15-20-13-12(18)11(17)10(16)9-3-2-5-22(15)14(9)13/h8,19H,2-7H2,1H3/t8-/m0/s1. The highest BCUT2D eigenvalue weighted by molar-refractivity contribution is 9.14. The van der Waals surface area contributed by atoms with Crippen LogP contribution in [0.25, 0.3) is 11.0 Å². The van der Waals surface area contributed by atoms with Crippen LogP contribution in [-0.2, 0) is 13.0 Å². The molecule has 0 bridgehead atoms. The van der Waals surface area contributed by atoms with Crippen LogP contribution in [-0.4, -0.2) is 35.2 Å². The lowest BCUT2D eigenvalue weighted by Gasteiger charge is -2.33. The first-order chi connectivity index (χ1) is 10.6. The van der Waals surface area contributed by atoms with E-state index in [-0.39, 0.29) is 0 Å². The Kier molecular flexibility index (Phi) is 4.03. The van der Waals surface area contributed by atoms with Gasteiger partial charge in [-0.3, -0.25) is 0 Å². The molecule has 1 saturated heterocycles. The van der Waals surface area contributed by atoms with Gasteiger partial charge in [-0.1, -0.05) is 0 Å². The zero-order valence-electron chi connectivity index (χ0n) is 12.3. The van der Waals surface area contributed by atoms with Gasteiger partial charge in [-0.2, -0.15) is 0 Å². The van der Waals surface area contributed by atoms with E-state index in [2.05, 4.69) is 69.5 Å². The number of benzene rings is 1. The van der Waals surface area contributed by atoms with Gasteiger partial charge in [-0.05, 0) is 73.1 Å². The molecule has 0 aliphatic carbocycles. The largest absolute Gasteiger partial charge is 0.339 e. The Labute approximate surface area is 155 Å². The molecule has 1 N–H and O–H groups in total. The molecule has 1 aromatic heterocycles. The number of piperazine rings is 1. The molecule has 1 atom stereocenters. The summed E-state index contributed by atoms with van der Waals surface area (Å²) >= 11 is 11.2. The zero-order valence-corrected chi connectivity index (χ0v) is 17.1. The lowest BCUT2D eigenvalue weighted by Crippen LogP contribution is -2.50. The summed E-state index contributed by atoms with van der Waals surface area (Å²) in [7, 11) is 0. The van der Waals surface area contributed by atoms with E-state index in [0.29, 0.717) is 6.04 Å². The number of halogens is 3. The van der Waals surface area contributed by atoms with Crippen molar-refractivity contribution in [3.63, 3.8) is 0 Å². The van der Waals surface area contributed by atoms with Crippen molar-refractivity contribution in [3.05, 3.63) is 19.0 Å². The van der Waals surface area contributed by atoms with Crippen molar-refractivity contribution < 1.29 is 0 Å². The number of aryl methyl sites for hydroxylation is 2. The first-order valence-corrected chi connectivity index (χ1v) is 9.99. The van der Waals surface area contributed by atoms with Crippen molar-refractivity contribution >= 4 is 64.8 Å². The van der Waals surface area contributed by atoms with Crippen LogP contribution >= 0.6 is 47.8 Å². The summed E-state index contributed by atoms with van der Waals surface area (Å²) in [5, 5.41) is 3.50. The fourth-order valence-corrected chi connectivity index (χ4v) is 5.30. The molecule has 3 heterocycles. The topological polar surface area (TPSA) is 33.1 Å². The molecule has 4 rings (SSSR count). The summed E-state index contributed by atoms with van der Waals surface area (Å²) in [6.45, 7) is 6.34. The quantitative estimate of drug-likeness (QED) is 0.609. The van der Waals surface area contributed by atoms with Crippen molar-refractivity contribution in [1.82, 2.24) is 14.9 Å². The van der Waals surface area contributed by atoms with Crippen LogP contribution in [0.5, 0.6) is 0 Å². The summed E-state index contributed by atoms with van der Waals surface area (Å²) in [5.41, 5.74) is 3.73. The number of anilines is 1. The van der Waals surface area contributed by atoms with Gasteiger partial charge >= 0.3 is 0 Å². The van der Waals surface area contributed by atoms with E-state index in [9.17, 15) is 0 Å². The summed E-state index contributed by atoms with van der Waals surface area (Å²) in [5.74, 6) is 1.12. The maximum absolute atomic E-state index is 5.01. The van der Waals surface area contributed by atoms with E-state index in [1.165, 1.54) is 17.5 Å². The maximum Gasteiger partial charge on any atom is 0.206 e. The number of hydrogen-bond donors (Lipinski definition) is 1. The minimum absolute atomic E-state index is 0.506. The monoisotopic (exact) mass is 490 g/mol. The average Bonchev–Trinajstić information content (AvgIpc) is 2.91. The van der Waals surface area contributed by atoms with E-state index in [1.807, 2.05) is 0 Å². The molecule has 118 valence electrons. The second-order valence-electron chi connectivity index (χ2n) is 6.09. The van der Waals surface area contributed by atoms with Crippen LogP contribution < -0.4 is 10.2 Å². The van der Waals surface area contributed by atoms with Gasteiger partial charge in [-0.25, -0.2) is 4.98 Å². The number of aromatic nitrogens is 2. The molecule has 0 amide bonds. The van der Waals surface area contributed by atoms with E-state index in [4.69, 9.17) is 4.98 Å². The van der Waals surface area contributed by atoms with Crippen molar-refractivity contribution in [2.75, 3.05) is 24.5 Å². The van der Waals surface area contributed by atoms with Gasteiger partial charge in [0.15, 0.2) is 0 Å². The van der Waals surface area contributed by atoms with Gasteiger partial charge < -0.3 is 14.8 Å². The predicted molar refractivity (Wildman–Crippen MR) is 101 cm³/mol. The van der Waals surface area contributed by atoms with Crippen molar-refractivity contribution in [2.45, 2.75) is 32.4 Å². The summed E-state index contributed by atoms with van der Waals surface area (Å²) < 4.78 is 5.69. The van der Waals surface area contributed by atoms with Gasteiger partial charge in [0.05, 0.1) is 9.99 Å². The fourth-order valence-electron chi connectivity index (χ4n) is 3.55. The molecule has 2 aliphatic heterocycles. The van der Waals surface area contributed by atoms with Gasteiger partial charge in [0.25, 0.3) is 0 Å². The van der Waals surface area contributed by atoms with Gasteiger partial charge in [-0.15, -0.1) is 0 Å². The average molecular weight is 493 g/mol. The highest BCUT2D eigenvalue weighted by Gasteiger charge is 2.28. The third-order valence-corrected chi connectivity index (χ3v) is 8.06. The Bertz CT molecular complexity index is 755. The molecular formula is C15H17Br3N4. The van der Waals surface area contributed by atoms with E-state index >= 15 is 0 Å². The van der Waals surface area contributed by atoms with Gasteiger partial charge in [0.2, 0.25) is 5.95 Å². The Morgan fingerprint density at radius 2 is 1.95 bits per heavy atom.